The molecule has 0 unspecified atom stereocenters. The molecule has 0 atom stereocenters. The molecule has 0 aliphatic heterocycles. The predicted molar refractivity (Wildman–Crippen MR) is 49.5 cm³/mol. The molecule has 11 heavy (non-hydrogen) atoms. The average Bonchev–Trinajstić information content (AvgIpc) is 2.13. The Kier molecular flexibility index (Phi) is 13.7. The zero-order valence-corrected chi connectivity index (χ0v) is 8.13. The van der Waals surface area contributed by atoms with Crippen molar-refractivity contribution in [1.82, 2.24) is 9.97 Å². The number of rotatable bonds is 0. The summed E-state index contributed by atoms with van der Waals surface area (Å²) in [6.45, 7) is 9.93. The molecular formula is C9H18N2. The SMILES string of the molecule is CC.CC.Cc1ccncn1. The van der Waals surface area contributed by atoms with Gasteiger partial charge in [-0.2, -0.15) is 0 Å². The van der Waals surface area contributed by atoms with E-state index >= 15 is 0 Å². The molecule has 0 aliphatic carbocycles. The maximum absolute atomic E-state index is 3.87. The van der Waals surface area contributed by atoms with Crippen molar-refractivity contribution < 1.29 is 0 Å². The largest absolute Gasteiger partial charge is 0.245 e. The van der Waals surface area contributed by atoms with Crippen molar-refractivity contribution in [3.63, 3.8) is 0 Å². The highest BCUT2D eigenvalue weighted by Gasteiger charge is 1.74. The molecule has 1 rings (SSSR count). The van der Waals surface area contributed by atoms with E-state index in [1.54, 1.807) is 6.20 Å². The van der Waals surface area contributed by atoms with Gasteiger partial charge >= 0.3 is 0 Å². The van der Waals surface area contributed by atoms with Crippen molar-refractivity contribution in [2.24, 2.45) is 0 Å². The molecular weight excluding hydrogens is 136 g/mol. The Hall–Kier alpha value is -0.920. The number of aromatic nitrogens is 2. The van der Waals surface area contributed by atoms with Gasteiger partial charge in [-0.05, 0) is 13.0 Å². The van der Waals surface area contributed by atoms with E-state index in [1.165, 1.54) is 6.33 Å². The summed E-state index contributed by atoms with van der Waals surface area (Å²) in [5.74, 6) is 0. The average molecular weight is 154 g/mol. The van der Waals surface area contributed by atoms with Gasteiger partial charge in [0.15, 0.2) is 0 Å². The summed E-state index contributed by atoms with van der Waals surface area (Å²) >= 11 is 0. The minimum absolute atomic E-state index is 1.01. The Bertz CT molecular complexity index is 137. The molecule has 2 nitrogen and oxygen atoms in total. The van der Waals surface area contributed by atoms with E-state index in [0.717, 1.165) is 5.69 Å². The zero-order valence-electron chi connectivity index (χ0n) is 8.13. The first-order valence-electron chi connectivity index (χ1n) is 4.12. The maximum atomic E-state index is 3.87. The first-order valence-corrected chi connectivity index (χ1v) is 4.12. The van der Waals surface area contributed by atoms with Crippen molar-refractivity contribution >= 4 is 0 Å². The summed E-state index contributed by atoms with van der Waals surface area (Å²) < 4.78 is 0. The fourth-order valence-corrected chi connectivity index (χ4v) is 0.357. The molecule has 64 valence electrons. The fraction of sp³-hybridized carbons (Fsp3) is 0.556. The zero-order chi connectivity index (χ0) is 9.11. The van der Waals surface area contributed by atoms with Gasteiger partial charge in [0, 0.05) is 11.9 Å². The normalized spacial score (nSPS) is 6.64. The van der Waals surface area contributed by atoms with E-state index in [2.05, 4.69) is 9.97 Å². The molecule has 0 spiro atoms. The van der Waals surface area contributed by atoms with Crippen molar-refractivity contribution in [3.8, 4) is 0 Å². The van der Waals surface area contributed by atoms with Gasteiger partial charge in [-0.25, -0.2) is 9.97 Å². The van der Waals surface area contributed by atoms with Crippen molar-refractivity contribution in [2.45, 2.75) is 34.6 Å². The third-order valence-electron chi connectivity index (χ3n) is 0.730. The standard InChI is InChI=1S/C5H6N2.2C2H6/c1-5-2-3-6-4-7-5;2*1-2/h2-4H,1H3;2*1-2H3. The summed E-state index contributed by atoms with van der Waals surface area (Å²) in [6, 6.07) is 1.86. The van der Waals surface area contributed by atoms with Crippen LogP contribution in [-0.4, -0.2) is 9.97 Å². The first-order chi connectivity index (χ1) is 5.39. The van der Waals surface area contributed by atoms with Gasteiger partial charge in [0.05, 0.1) is 0 Å². The monoisotopic (exact) mass is 154 g/mol. The Morgan fingerprint density at radius 2 is 1.64 bits per heavy atom. The Morgan fingerprint density at radius 1 is 1.09 bits per heavy atom. The number of hydrogen-bond donors (Lipinski definition) is 0. The second-order valence-corrected chi connectivity index (χ2v) is 1.35. The highest BCUT2D eigenvalue weighted by atomic mass is 14.8. The van der Waals surface area contributed by atoms with Crippen molar-refractivity contribution in [2.75, 3.05) is 0 Å². The lowest BCUT2D eigenvalue weighted by atomic mass is 10.5. The van der Waals surface area contributed by atoms with Gasteiger partial charge in [-0.1, -0.05) is 27.7 Å². The second-order valence-electron chi connectivity index (χ2n) is 1.35. The van der Waals surface area contributed by atoms with Gasteiger partial charge in [-0.3, -0.25) is 0 Å². The van der Waals surface area contributed by atoms with Crippen LogP contribution in [0.15, 0.2) is 18.6 Å². The first kappa shape index (κ1) is 12.7. The Labute approximate surface area is 69.7 Å². The molecule has 0 amide bonds. The molecule has 0 radical (unpaired) electrons. The van der Waals surface area contributed by atoms with Crippen LogP contribution >= 0.6 is 0 Å². The highest BCUT2D eigenvalue weighted by molar-refractivity contribution is 4.92. The van der Waals surface area contributed by atoms with E-state index in [0.29, 0.717) is 0 Å². The molecule has 0 aliphatic rings. The van der Waals surface area contributed by atoms with Crippen LogP contribution in [0.2, 0.25) is 0 Å². The lowest BCUT2D eigenvalue weighted by molar-refractivity contribution is 1.10. The quantitative estimate of drug-likeness (QED) is 0.574. The molecule has 0 aromatic carbocycles. The van der Waals surface area contributed by atoms with Crippen LogP contribution < -0.4 is 0 Å². The lowest BCUT2D eigenvalue weighted by Crippen LogP contribution is -1.77. The molecule has 0 saturated carbocycles. The van der Waals surface area contributed by atoms with Gasteiger partial charge in [0.1, 0.15) is 6.33 Å². The van der Waals surface area contributed by atoms with E-state index in [4.69, 9.17) is 0 Å². The van der Waals surface area contributed by atoms with E-state index in [9.17, 15) is 0 Å². The topological polar surface area (TPSA) is 25.8 Å². The maximum Gasteiger partial charge on any atom is 0.115 e. The van der Waals surface area contributed by atoms with Crippen LogP contribution in [0.1, 0.15) is 33.4 Å². The van der Waals surface area contributed by atoms with Crippen LogP contribution in [-0.2, 0) is 0 Å². The van der Waals surface area contributed by atoms with Crippen LogP contribution in [0, 0.1) is 6.92 Å². The third kappa shape index (κ3) is 9.08. The molecule has 0 saturated heterocycles. The van der Waals surface area contributed by atoms with Crippen molar-refractivity contribution in [3.05, 3.63) is 24.3 Å². The Morgan fingerprint density at radius 3 is 1.82 bits per heavy atom. The molecule has 2 heteroatoms. The van der Waals surface area contributed by atoms with Crippen LogP contribution in [0.25, 0.3) is 0 Å². The fourth-order valence-electron chi connectivity index (χ4n) is 0.357. The van der Waals surface area contributed by atoms with Crippen LogP contribution in [0.5, 0.6) is 0 Å². The molecule has 0 N–H and O–H groups in total. The minimum Gasteiger partial charge on any atom is -0.245 e. The molecule has 0 bridgehead atoms. The lowest BCUT2D eigenvalue weighted by Gasteiger charge is -1.81. The van der Waals surface area contributed by atoms with Crippen molar-refractivity contribution in [1.29, 1.82) is 0 Å². The Balaban J connectivity index is 0. The number of nitrogens with zero attached hydrogens (tertiary/aromatic N) is 2. The van der Waals surface area contributed by atoms with Gasteiger partial charge in [0.2, 0.25) is 0 Å². The summed E-state index contributed by atoms with van der Waals surface area (Å²) in [7, 11) is 0. The summed E-state index contributed by atoms with van der Waals surface area (Å²) in [4.78, 5) is 7.60. The second kappa shape index (κ2) is 11.8. The molecule has 1 aromatic heterocycles. The summed E-state index contributed by atoms with van der Waals surface area (Å²) in [5.41, 5.74) is 1.01. The summed E-state index contributed by atoms with van der Waals surface area (Å²) in [5, 5.41) is 0. The predicted octanol–water partition coefficient (Wildman–Crippen LogP) is 2.84. The molecule has 1 aromatic rings. The van der Waals surface area contributed by atoms with Crippen LogP contribution in [0.4, 0.5) is 0 Å². The molecule has 0 fully saturated rings. The smallest absolute Gasteiger partial charge is 0.115 e. The number of aryl methyl sites for hydroxylation is 1. The summed E-state index contributed by atoms with van der Waals surface area (Å²) in [6.07, 6.45) is 3.26. The number of hydrogen-bond acceptors (Lipinski definition) is 2. The minimum atomic E-state index is 1.01. The van der Waals surface area contributed by atoms with E-state index in [1.807, 2.05) is 40.7 Å². The van der Waals surface area contributed by atoms with Gasteiger partial charge in [0.25, 0.3) is 0 Å². The highest BCUT2D eigenvalue weighted by Crippen LogP contribution is 1.82. The van der Waals surface area contributed by atoms with Gasteiger partial charge in [-0.15, -0.1) is 0 Å². The van der Waals surface area contributed by atoms with Crippen LogP contribution in [0.3, 0.4) is 0 Å². The van der Waals surface area contributed by atoms with Gasteiger partial charge < -0.3 is 0 Å². The van der Waals surface area contributed by atoms with E-state index in [-0.39, 0.29) is 0 Å². The van der Waals surface area contributed by atoms with E-state index < -0.39 is 0 Å². The third-order valence-corrected chi connectivity index (χ3v) is 0.730. The molecule has 1 heterocycles.